The molecule has 0 saturated carbocycles. The highest BCUT2D eigenvalue weighted by molar-refractivity contribution is 6.28. The summed E-state index contributed by atoms with van der Waals surface area (Å²) in [6.45, 7) is 0. The van der Waals surface area contributed by atoms with Gasteiger partial charge in [0, 0.05) is 12.4 Å². The van der Waals surface area contributed by atoms with Crippen LogP contribution in [0, 0.1) is 0 Å². The van der Waals surface area contributed by atoms with Crippen molar-refractivity contribution in [3.8, 4) is 11.6 Å². The average Bonchev–Trinajstić information content (AvgIpc) is 2.55. The molecule has 2 rings (SSSR count). The summed E-state index contributed by atoms with van der Waals surface area (Å²) >= 11 is 5.57. The maximum Gasteiger partial charge on any atom is 0.194 e. The molecule has 0 unspecified atom stereocenters. The van der Waals surface area contributed by atoms with Gasteiger partial charge in [-0.25, -0.2) is 4.98 Å². The second-order valence-corrected chi connectivity index (χ2v) is 2.41. The van der Waals surface area contributed by atoms with Crippen LogP contribution in [0.4, 0.5) is 0 Å². The summed E-state index contributed by atoms with van der Waals surface area (Å²) in [5.41, 5.74) is 0. The predicted octanol–water partition coefficient (Wildman–Crippen LogP) is 2.32. The minimum atomic E-state index is 0.372. The number of furan rings is 1. The Kier molecular flexibility index (Phi) is 1.43. The Hall–Kier alpha value is -1.22. The Morgan fingerprint density at radius 1 is 1.45 bits per heavy atom. The number of aromatic amines is 1. The van der Waals surface area contributed by atoms with Crippen LogP contribution in [-0.4, -0.2) is 9.97 Å². The molecule has 1 N–H and O–H groups in total. The zero-order valence-electron chi connectivity index (χ0n) is 5.54. The number of nitrogens with one attached hydrogen (secondary N) is 1. The minimum Gasteiger partial charge on any atom is -0.441 e. The third kappa shape index (κ3) is 1.14. The summed E-state index contributed by atoms with van der Waals surface area (Å²) in [4.78, 5) is 6.90. The van der Waals surface area contributed by atoms with E-state index in [1.165, 1.54) is 0 Å². The van der Waals surface area contributed by atoms with Crippen molar-refractivity contribution in [2.24, 2.45) is 0 Å². The molecule has 3 nitrogen and oxygen atoms in total. The second kappa shape index (κ2) is 2.43. The van der Waals surface area contributed by atoms with Crippen molar-refractivity contribution in [1.82, 2.24) is 9.97 Å². The highest BCUT2D eigenvalue weighted by atomic mass is 35.5. The van der Waals surface area contributed by atoms with Gasteiger partial charge < -0.3 is 9.40 Å². The van der Waals surface area contributed by atoms with Gasteiger partial charge in [0.25, 0.3) is 0 Å². The second-order valence-electron chi connectivity index (χ2n) is 2.04. The van der Waals surface area contributed by atoms with Gasteiger partial charge in [-0.2, -0.15) is 0 Å². The van der Waals surface area contributed by atoms with E-state index in [0.717, 1.165) is 0 Å². The average molecular weight is 169 g/mol. The first kappa shape index (κ1) is 6.49. The van der Waals surface area contributed by atoms with Gasteiger partial charge >= 0.3 is 0 Å². The number of rotatable bonds is 1. The Morgan fingerprint density at radius 3 is 2.91 bits per heavy atom. The number of hydrogen-bond acceptors (Lipinski definition) is 2. The lowest BCUT2D eigenvalue weighted by molar-refractivity contribution is 0.580. The molecule has 4 heteroatoms. The molecule has 0 saturated heterocycles. The molecule has 0 radical (unpaired) electrons. The maximum absolute atomic E-state index is 5.57. The molecular weight excluding hydrogens is 164 g/mol. The molecule has 0 fully saturated rings. The van der Waals surface area contributed by atoms with Crippen LogP contribution in [0.2, 0.25) is 5.22 Å². The normalized spacial score (nSPS) is 10.3. The molecule has 0 atom stereocenters. The van der Waals surface area contributed by atoms with Crippen molar-refractivity contribution in [1.29, 1.82) is 0 Å². The quantitative estimate of drug-likeness (QED) is 0.710. The van der Waals surface area contributed by atoms with Crippen LogP contribution in [0.25, 0.3) is 11.6 Å². The van der Waals surface area contributed by atoms with Crippen molar-refractivity contribution < 1.29 is 4.42 Å². The van der Waals surface area contributed by atoms with Crippen molar-refractivity contribution >= 4 is 11.6 Å². The van der Waals surface area contributed by atoms with Gasteiger partial charge in [0.05, 0.1) is 0 Å². The Labute approximate surface area is 68.0 Å². The molecule has 0 bridgehead atoms. The van der Waals surface area contributed by atoms with Crippen molar-refractivity contribution in [3.63, 3.8) is 0 Å². The number of imidazole rings is 1. The number of halogens is 1. The van der Waals surface area contributed by atoms with Gasteiger partial charge in [-0.15, -0.1) is 0 Å². The van der Waals surface area contributed by atoms with E-state index in [-0.39, 0.29) is 0 Å². The molecule has 56 valence electrons. The maximum atomic E-state index is 5.57. The summed E-state index contributed by atoms with van der Waals surface area (Å²) in [6, 6.07) is 3.45. The minimum absolute atomic E-state index is 0.372. The molecule has 2 aromatic rings. The Balaban J connectivity index is 2.45. The fourth-order valence-corrected chi connectivity index (χ4v) is 0.988. The fourth-order valence-electron chi connectivity index (χ4n) is 0.842. The van der Waals surface area contributed by atoms with Crippen molar-refractivity contribution in [3.05, 3.63) is 29.7 Å². The smallest absolute Gasteiger partial charge is 0.194 e. The molecule has 11 heavy (non-hydrogen) atoms. The zero-order valence-corrected chi connectivity index (χ0v) is 6.30. The van der Waals surface area contributed by atoms with Crippen LogP contribution >= 0.6 is 11.6 Å². The predicted molar refractivity (Wildman–Crippen MR) is 41.3 cm³/mol. The van der Waals surface area contributed by atoms with Gasteiger partial charge in [0.2, 0.25) is 0 Å². The highest BCUT2D eigenvalue weighted by Crippen LogP contribution is 2.20. The summed E-state index contributed by atoms with van der Waals surface area (Å²) in [5.74, 6) is 1.34. The molecule has 2 aromatic heterocycles. The molecule has 0 amide bonds. The van der Waals surface area contributed by atoms with Gasteiger partial charge in [-0.1, -0.05) is 0 Å². The van der Waals surface area contributed by atoms with E-state index in [9.17, 15) is 0 Å². The van der Waals surface area contributed by atoms with E-state index in [2.05, 4.69) is 9.97 Å². The standard InChI is InChI=1S/C7H5ClN2O/c8-6-2-1-5(11-6)7-9-3-4-10-7/h1-4H,(H,9,10). The molecule has 0 aromatic carbocycles. The Bertz CT molecular complexity index is 339. The van der Waals surface area contributed by atoms with Gasteiger partial charge in [0.1, 0.15) is 0 Å². The lowest BCUT2D eigenvalue weighted by Gasteiger charge is -1.86. The zero-order chi connectivity index (χ0) is 7.68. The first-order chi connectivity index (χ1) is 5.36. The monoisotopic (exact) mass is 168 g/mol. The van der Waals surface area contributed by atoms with Crippen LogP contribution in [0.3, 0.4) is 0 Å². The number of nitrogens with zero attached hydrogens (tertiary/aromatic N) is 1. The van der Waals surface area contributed by atoms with E-state index in [0.29, 0.717) is 16.8 Å². The molecule has 0 aliphatic carbocycles. The SMILES string of the molecule is Clc1ccc(-c2ncc[nH]2)o1. The molecule has 0 aliphatic heterocycles. The summed E-state index contributed by atoms with van der Waals surface area (Å²) in [6.07, 6.45) is 3.39. The van der Waals surface area contributed by atoms with E-state index in [1.54, 1.807) is 24.5 Å². The molecular formula is C7H5ClN2O. The van der Waals surface area contributed by atoms with Crippen LogP contribution in [0.5, 0.6) is 0 Å². The first-order valence-corrected chi connectivity index (χ1v) is 3.49. The summed E-state index contributed by atoms with van der Waals surface area (Å²) in [7, 11) is 0. The largest absolute Gasteiger partial charge is 0.441 e. The van der Waals surface area contributed by atoms with Crippen LogP contribution < -0.4 is 0 Å². The summed E-state index contributed by atoms with van der Waals surface area (Å²) in [5, 5.41) is 0.372. The van der Waals surface area contributed by atoms with E-state index >= 15 is 0 Å². The number of aromatic nitrogens is 2. The third-order valence-electron chi connectivity index (χ3n) is 1.30. The van der Waals surface area contributed by atoms with E-state index < -0.39 is 0 Å². The van der Waals surface area contributed by atoms with Gasteiger partial charge in [-0.3, -0.25) is 0 Å². The van der Waals surface area contributed by atoms with Gasteiger partial charge in [-0.05, 0) is 23.7 Å². The third-order valence-corrected chi connectivity index (χ3v) is 1.51. The van der Waals surface area contributed by atoms with Crippen LogP contribution in [0.15, 0.2) is 28.9 Å². The molecule has 2 heterocycles. The first-order valence-electron chi connectivity index (χ1n) is 3.11. The highest BCUT2D eigenvalue weighted by Gasteiger charge is 2.03. The lowest BCUT2D eigenvalue weighted by Crippen LogP contribution is -1.73. The van der Waals surface area contributed by atoms with E-state index in [1.807, 2.05) is 0 Å². The summed E-state index contributed by atoms with van der Waals surface area (Å²) < 4.78 is 5.10. The topological polar surface area (TPSA) is 41.8 Å². The van der Waals surface area contributed by atoms with Crippen LogP contribution in [-0.2, 0) is 0 Å². The number of H-pyrrole nitrogens is 1. The van der Waals surface area contributed by atoms with Crippen LogP contribution in [0.1, 0.15) is 0 Å². The van der Waals surface area contributed by atoms with Crippen molar-refractivity contribution in [2.45, 2.75) is 0 Å². The lowest BCUT2D eigenvalue weighted by atomic mass is 10.4. The Morgan fingerprint density at radius 2 is 2.36 bits per heavy atom. The number of hydrogen-bond donors (Lipinski definition) is 1. The molecule has 0 aliphatic rings. The fraction of sp³-hybridized carbons (Fsp3) is 0. The molecule has 0 spiro atoms. The van der Waals surface area contributed by atoms with Gasteiger partial charge in [0.15, 0.2) is 16.8 Å². The van der Waals surface area contributed by atoms with E-state index in [4.69, 9.17) is 16.0 Å². The van der Waals surface area contributed by atoms with Crippen molar-refractivity contribution in [2.75, 3.05) is 0 Å².